The Bertz CT molecular complexity index is 798. The molecule has 1 saturated heterocycles. The molecule has 2 unspecified atom stereocenters. The van der Waals surface area contributed by atoms with Crippen molar-refractivity contribution < 1.29 is 18.3 Å². The third-order valence-corrected chi connectivity index (χ3v) is 9.14. The lowest BCUT2D eigenvalue weighted by Gasteiger charge is -2.41. The van der Waals surface area contributed by atoms with Crippen LogP contribution in [-0.2, 0) is 4.74 Å². The molecule has 0 spiro atoms. The smallest absolute Gasteiger partial charge is 0.200 e. The maximum absolute atomic E-state index is 14.8. The summed E-state index contributed by atoms with van der Waals surface area (Å²) in [5.74, 6) is 1.70. The number of halogens is 2. The van der Waals surface area contributed by atoms with Crippen LogP contribution in [0.2, 0.25) is 0 Å². The Labute approximate surface area is 211 Å². The largest absolute Gasteiger partial charge is 0.490 e. The Balaban J connectivity index is 1.20. The van der Waals surface area contributed by atoms with E-state index in [1.807, 2.05) is 6.92 Å². The summed E-state index contributed by atoms with van der Waals surface area (Å²) in [6.45, 7) is 5.42. The first-order valence-electron chi connectivity index (χ1n) is 14.4. The zero-order chi connectivity index (χ0) is 24.6. The molecule has 3 fully saturated rings. The third kappa shape index (κ3) is 6.87. The molecular weight excluding hydrogens is 442 g/mol. The molecule has 3 aliphatic rings. The molecular formula is C31H46F2O2. The van der Waals surface area contributed by atoms with Crippen molar-refractivity contribution in [1.82, 2.24) is 0 Å². The zero-order valence-electron chi connectivity index (χ0n) is 22.0. The van der Waals surface area contributed by atoms with E-state index in [0.717, 1.165) is 62.4 Å². The van der Waals surface area contributed by atoms with Crippen molar-refractivity contribution >= 4 is 0 Å². The number of allylic oxidation sites excluding steroid dienone is 2. The molecule has 2 saturated carbocycles. The predicted molar refractivity (Wildman–Crippen MR) is 139 cm³/mol. The van der Waals surface area contributed by atoms with E-state index in [-0.39, 0.29) is 11.7 Å². The van der Waals surface area contributed by atoms with Gasteiger partial charge in [-0.2, -0.15) is 4.39 Å². The van der Waals surface area contributed by atoms with Crippen LogP contribution in [-0.4, -0.2) is 19.3 Å². The fourth-order valence-corrected chi connectivity index (χ4v) is 7.00. The molecule has 0 amide bonds. The molecule has 2 nitrogen and oxygen atoms in total. The standard InChI is InChI=1S/C31H46F2O2/c1-3-5-6-7-22-8-18-28(35-21-22)26-15-11-24(12-16-26)23-9-13-25(14-10-23)27-17-19-29(34-20-4-2)31(33)30(27)32/h3,5,17,19,22-26,28H,4,6-16,18,20-21H2,1-2H3/b5-3+. The lowest BCUT2D eigenvalue weighted by molar-refractivity contribution is -0.0614. The lowest BCUT2D eigenvalue weighted by Crippen LogP contribution is -2.35. The van der Waals surface area contributed by atoms with Gasteiger partial charge in [0.25, 0.3) is 0 Å². The summed E-state index contributed by atoms with van der Waals surface area (Å²) in [6, 6.07) is 3.38. The van der Waals surface area contributed by atoms with Crippen molar-refractivity contribution in [1.29, 1.82) is 0 Å². The minimum atomic E-state index is -0.814. The zero-order valence-corrected chi connectivity index (χ0v) is 22.0. The average molecular weight is 489 g/mol. The highest BCUT2D eigenvalue weighted by atomic mass is 19.2. The van der Waals surface area contributed by atoms with Crippen LogP contribution in [0.4, 0.5) is 8.78 Å². The Morgan fingerprint density at radius 2 is 1.57 bits per heavy atom. The van der Waals surface area contributed by atoms with Gasteiger partial charge in [0.15, 0.2) is 11.6 Å². The Morgan fingerprint density at radius 1 is 0.886 bits per heavy atom. The van der Waals surface area contributed by atoms with E-state index in [1.54, 1.807) is 12.1 Å². The van der Waals surface area contributed by atoms with E-state index < -0.39 is 11.6 Å². The van der Waals surface area contributed by atoms with Gasteiger partial charge in [-0.25, -0.2) is 4.39 Å². The molecule has 1 aromatic carbocycles. The van der Waals surface area contributed by atoms with E-state index in [2.05, 4.69) is 19.1 Å². The second-order valence-electron chi connectivity index (χ2n) is 11.4. The summed E-state index contributed by atoms with van der Waals surface area (Å²) in [7, 11) is 0. The van der Waals surface area contributed by atoms with E-state index in [4.69, 9.17) is 9.47 Å². The van der Waals surface area contributed by atoms with Crippen molar-refractivity contribution in [3.8, 4) is 5.75 Å². The van der Waals surface area contributed by atoms with Gasteiger partial charge in [0.05, 0.1) is 12.7 Å². The monoisotopic (exact) mass is 488 g/mol. The number of ether oxygens (including phenoxy) is 2. The number of hydrogen-bond acceptors (Lipinski definition) is 2. The molecule has 2 atom stereocenters. The van der Waals surface area contributed by atoms with Crippen molar-refractivity contribution in [2.75, 3.05) is 13.2 Å². The van der Waals surface area contributed by atoms with Gasteiger partial charge in [0.2, 0.25) is 5.82 Å². The van der Waals surface area contributed by atoms with Crippen LogP contribution < -0.4 is 4.74 Å². The van der Waals surface area contributed by atoms with Crippen molar-refractivity contribution in [3.63, 3.8) is 0 Å². The first-order chi connectivity index (χ1) is 17.1. The SMILES string of the molecule is C/C=C/CCC1CCC(C2CCC(C3CCC(c4ccc(OCCC)c(F)c4F)CC3)CC2)OC1. The Morgan fingerprint density at radius 3 is 2.20 bits per heavy atom. The fraction of sp³-hybridized carbons (Fsp3) is 0.742. The Kier molecular flexibility index (Phi) is 10.1. The highest BCUT2D eigenvalue weighted by Gasteiger charge is 2.36. The number of rotatable bonds is 9. The Hall–Kier alpha value is -1.42. The molecule has 0 aromatic heterocycles. The lowest BCUT2D eigenvalue weighted by atomic mass is 9.67. The van der Waals surface area contributed by atoms with Crippen molar-refractivity contribution in [2.45, 2.75) is 109 Å². The highest BCUT2D eigenvalue weighted by Crippen LogP contribution is 2.46. The molecule has 1 aliphatic heterocycles. The maximum atomic E-state index is 14.8. The van der Waals surface area contributed by atoms with Crippen molar-refractivity contribution in [3.05, 3.63) is 41.5 Å². The van der Waals surface area contributed by atoms with Crippen LogP contribution >= 0.6 is 0 Å². The molecule has 196 valence electrons. The van der Waals surface area contributed by atoms with E-state index in [9.17, 15) is 8.78 Å². The first-order valence-corrected chi connectivity index (χ1v) is 14.4. The van der Waals surface area contributed by atoms with Gasteiger partial charge in [-0.05, 0) is 132 Å². The highest BCUT2D eigenvalue weighted by molar-refractivity contribution is 5.33. The average Bonchev–Trinajstić information content (AvgIpc) is 2.90. The van der Waals surface area contributed by atoms with Crippen molar-refractivity contribution in [2.24, 2.45) is 23.7 Å². The summed E-state index contributed by atoms with van der Waals surface area (Å²) in [5, 5.41) is 0. The van der Waals surface area contributed by atoms with E-state index in [1.165, 1.54) is 51.4 Å². The molecule has 1 aromatic rings. The van der Waals surface area contributed by atoms with Gasteiger partial charge < -0.3 is 9.47 Å². The topological polar surface area (TPSA) is 18.5 Å². The second-order valence-corrected chi connectivity index (χ2v) is 11.4. The van der Waals surface area contributed by atoms with Crippen LogP contribution in [0.3, 0.4) is 0 Å². The summed E-state index contributed by atoms with van der Waals surface area (Å²) in [6.07, 6.45) is 20.2. The van der Waals surface area contributed by atoms with Crippen LogP contribution in [0.1, 0.15) is 109 Å². The molecule has 0 bridgehead atoms. The summed E-state index contributed by atoms with van der Waals surface area (Å²) >= 11 is 0. The van der Waals surface area contributed by atoms with E-state index in [0.29, 0.717) is 18.3 Å². The normalized spacial score (nSPS) is 32.1. The summed E-state index contributed by atoms with van der Waals surface area (Å²) in [4.78, 5) is 0. The van der Waals surface area contributed by atoms with Gasteiger partial charge in [0.1, 0.15) is 0 Å². The third-order valence-electron chi connectivity index (χ3n) is 9.14. The minimum Gasteiger partial charge on any atom is -0.490 e. The first kappa shape index (κ1) is 26.6. The van der Waals surface area contributed by atoms with E-state index >= 15 is 0 Å². The second kappa shape index (κ2) is 13.2. The molecule has 1 heterocycles. The summed E-state index contributed by atoms with van der Waals surface area (Å²) < 4.78 is 41.0. The van der Waals surface area contributed by atoms with Crippen LogP contribution in [0, 0.1) is 35.3 Å². The maximum Gasteiger partial charge on any atom is 0.200 e. The van der Waals surface area contributed by atoms with Gasteiger partial charge in [-0.1, -0.05) is 25.1 Å². The van der Waals surface area contributed by atoms with Crippen LogP contribution in [0.25, 0.3) is 0 Å². The molecule has 2 aliphatic carbocycles. The molecule has 0 N–H and O–H groups in total. The number of hydrogen-bond donors (Lipinski definition) is 0. The molecule has 0 radical (unpaired) electrons. The van der Waals surface area contributed by atoms with Gasteiger partial charge in [-0.3, -0.25) is 0 Å². The molecule has 4 rings (SSSR count). The number of benzene rings is 1. The quantitative estimate of drug-likeness (QED) is 0.323. The molecule has 4 heteroatoms. The molecule has 35 heavy (non-hydrogen) atoms. The van der Waals surface area contributed by atoms with Gasteiger partial charge in [-0.15, -0.1) is 0 Å². The van der Waals surface area contributed by atoms with Gasteiger partial charge >= 0.3 is 0 Å². The van der Waals surface area contributed by atoms with Crippen LogP contribution in [0.5, 0.6) is 5.75 Å². The van der Waals surface area contributed by atoms with Crippen LogP contribution in [0.15, 0.2) is 24.3 Å². The minimum absolute atomic E-state index is 0.0460. The summed E-state index contributed by atoms with van der Waals surface area (Å²) in [5.41, 5.74) is 0.548. The van der Waals surface area contributed by atoms with Gasteiger partial charge in [0, 0.05) is 6.61 Å². The fourth-order valence-electron chi connectivity index (χ4n) is 7.00. The predicted octanol–water partition coefficient (Wildman–Crippen LogP) is 8.99.